The third kappa shape index (κ3) is 3.72. The summed E-state index contributed by atoms with van der Waals surface area (Å²) in [7, 11) is 3.84. The molecule has 1 heterocycles. The highest BCUT2D eigenvalue weighted by Crippen LogP contribution is 2.16. The number of benzene rings is 1. The van der Waals surface area contributed by atoms with Gasteiger partial charge in [0.25, 0.3) is 0 Å². The van der Waals surface area contributed by atoms with Crippen molar-refractivity contribution in [1.29, 1.82) is 0 Å². The summed E-state index contributed by atoms with van der Waals surface area (Å²) in [6, 6.07) is 8.23. The summed E-state index contributed by atoms with van der Waals surface area (Å²) in [4.78, 5) is 2.31. The smallest absolute Gasteiger partial charge is 0.119 e. The molecular formula is C14H21NO2. The van der Waals surface area contributed by atoms with Crippen molar-refractivity contribution in [3.63, 3.8) is 0 Å². The average molecular weight is 235 g/mol. The molecule has 0 radical (unpaired) electrons. The minimum atomic E-state index is 0.422. The molecule has 0 saturated carbocycles. The molecule has 1 aliphatic rings. The van der Waals surface area contributed by atoms with Gasteiger partial charge in [0.1, 0.15) is 5.75 Å². The number of methoxy groups -OCH3 is 1. The number of ether oxygens (including phenoxy) is 2. The highest BCUT2D eigenvalue weighted by atomic mass is 16.5. The van der Waals surface area contributed by atoms with Crippen molar-refractivity contribution in [1.82, 2.24) is 4.90 Å². The van der Waals surface area contributed by atoms with Crippen LogP contribution >= 0.6 is 0 Å². The standard InChI is InChI=1S/C14H21NO2/c1-15(11-14-7-4-8-17-14)10-12-5-3-6-13(9-12)16-2/h3,5-6,9,14H,4,7-8,10-11H2,1-2H3. The van der Waals surface area contributed by atoms with Gasteiger partial charge in [-0.05, 0) is 37.6 Å². The zero-order chi connectivity index (χ0) is 12.1. The molecule has 1 aliphatic heterocycles. The normalized spacial score (nSPS) is 19.8. The fourth-order valence-electron chi connectivity index (χ4n) is 2.28. The Morgan fingerprint density at radius 2 is 2.35 bits per heavy atom. The van der Waals surface area contributed by atoms with E-state index in [-0.39, 0.29) is 0 Å². The first-order valence-electron chi connectivity index (χ1n) is 6.21. The monoisotopic (exact) mass is 235 g/mol. The molecular weight excluding hydrogens is 214 g/mol. The van der Waals surface area contributed by atoms with E-state index in [1.165, 1.54) is 18.4 Å². The summed E-state index contributed by atoms with van der Waals surface area (Å²) in [5.41, 5.74) is 1.28. The zero-order valence-electron chi connectivity index (χ0n) is 10.7. The number of likely N-dealkylation sites (N-methyl/N-ethyl adjacent to an activating group) is 1. The van der Waals surface area contributed by atoms with Gasteiger partial charge in [-0.2, -0.15) is 0 Å². The molecule has 94 valence electrons. The minimum absolute atomic E-state index is 0.422. The van der Waals surface area contributed by atoms with Gasteiger partial charge in [-0.3, -0.25) is 4.90 Å². The Balaban J connectivity index is 1.85. The van der Waals surface area contributed by atoms with Crippen molar-refractivity contribution in [2.24, 2.45) is 0 Å². The van der Waals surface area contributed by atoms with Crippen molar-refractivity contribution in [3.05, 3.63) is 29.8 Å². The van der Waals surface area contributed by atoms with Crippen LogP contribution in [0.3, 0.4) is 0 Å². The molecule has 0 aliphatic carbocycles. The lowest BCUT2D eigenvalue weighted by Gasteiger charge is -2.20. The van der Waals surface area contributed by atoms with Crippen LogP contribution in [0.15, 0.2) is 24.3 Å². The molecule has 1 unspecified atom stereocenters. The first-order valence-corrected chi connectivity index (χ1v) is 6.21. The number of rotatable bonds is 5. The fourth-order valence-corrected chi connectivity index (χ4v) is 2.28. The Bertz CT molecular complexity index is 348. The van der Waals surface area contributed by atoms with Crippen molar-refractivity contribution < 1.29 is 9.47 Å². The molecule has 0 N–H and O–H groups in total. The van der Waals surface area contributed by atoms with Gasteiger partial charge < -0.3 is 9.47 Å². The van der Waals surface area contributed by atoms with Crippen molar-refractivity contribution >= 4 is 0 Å². The molecule has 0 bridgehead atoms. The largest absolute Gasteiger partial charge is 0.497 e. The molecule has 1 saturated heterocycles. The molecule has 1 aromatic rings. The molecule has 1 atom stereocenters. The predicted octanol–water partition coefficient (Wildman–Crippen LogP) is 2.31. The molecule has 3 heteroatoms. The average Bonchev–Trinajstić information content (AvgIpc) is 2.82. The second kappa shape index (κ2) is 6.03. The molecule has 1 fully saturated rings. The Labute approximate surface area is 103 Å². The van der Waals surface area contributed by atoms with Gasteiger partial charge in [0, 0.05) is 19.7 Å². The summed E-state index contributed by atoms with van der Waals surface area (Å²) >= 11 is 0. The van der Waals surface area contributed by atoms with Crippen molar-refractivity contribution in [3.8, 4) is 5.75 Å². The lowest BCUT2D eigenvalue weighted by atomic mass is 10.2. The maximum absolute atomic E-state index is 5.64. The second-order valence-corrected chi connectivity index (χ2v) is 4.68. The van der Waals surface area contributed by atoms with Crippen LogP contribution in [0.25, 0.3) is 0 Å². The SMILES string of the molecule is COc1cccc(CN(C)CC2CCCO2)c1. The first kappa shape index (κ1) is 12.4. The van der Waals surface area contributed by atoms with E-state index in [0.29, 0.717) is 6.10 Å². The van der Waals surface area contributed by atoms with E-state index in [1.54, 1.807) is 7.11 Å². The Hall–Kier alpha value is -1.06. The number of hydrogen-bond donors (Lipinski definition) is 0. The van der Waals surface area contributed by atoms with Crippen LogP contribution in [0.4, 0.5) is 0 Å². The van der Waals surface area contributed by atoms with Gasteiger partial charge in [0.2, 0.25) is 0 Å². The predicted molar refractivity (Wildman–Crippen MR) is 68.3 cm³/mol. The Morgan fingerprint density at radius 1 is 1.47 bits per heavy atom. The third-order valence-electron chi connectivity index (χ3n) is 3.13. The van der Waals surface area contributed by atoms with Crippen LogP contribution in [0.1, 0.15) is 18.4 Å². The van der Waals surface area contributed by atoms with E-state index in [4.69, 9.17) is 9.47 Å². The summed E-state index contributed by atoms with van der Waals surface area (Å²) in [5.74, 6) is 0.924. The van der Waals surface area contributed by atoms with Gasteiger partial charge in [0.05, 0.1) is 13.2 Å². The summed E-state index contributed by atoms with van der Waals surface area (Å²) < 4.78 is 10.9. The number of nitrogens with zero attached hydrogens (tertiary/aromatic N) is 1. The van der Waals surface area contributed by atoms with Crippen molar-refractivity contribution in [2.75, 3.05) is 27.3 Å². The van der Waals surface area contributed by atoms with Gasteiger partial charge in [0.15, 0.2) is 0 Å². The van der Waals surface area contributed by atoms with Gasteiger partial charge in [-0.15, -0.1) is 0 Å². The van der Waals surface area contributed by atoms with Gasteiger partial charge in [-0.1, -0.05) is 12.1 Å². The van der Waals surface area contributed by atoms with Crippen molar-refractivity contribution in [2.45, 2.75) is 25.5 Å². The summed E-state index contributed by atoms with van der Waals surface area (Å²) in [5, 5.41) is 0. The van der Waals surface area contributed by atoms with Crippen LogP contribution in [-0.2, 0) is 11.3 Å². The van der Waals surface area contributed by atoms with E-state index in [2.05, 4.69) is 24.1 Å². The molecule has 0 amide bonds. The van der Waals surface area contributed by atoms with Crippen LogP contribution in [0.5, 0.6) is 5.75 Å². The first-order chi connectivity index (χ1) is 8.28. The van der Waals surface area contributed by atoms with Crippen LogP contribution in [0.2, 0.25) is 0 Å². The minimum Gasteiger partial charge on any atom is -0.497 e. The topological polar surface area (TPSA) is 21.7 Å². The van der Waals surface area contributed by atoms with E-state index >= 15 is 0 Å². The van der Waals surface area contributed by atoms with Gasteiger partial charge in [-0.25, -0.2) is 0 Å². The highest BCUT2D eigenvalue weighted by molar-refractivity contribution is 5.28. The fraction of sp³-hybridized carbons (Fsp3) is 0.571. The van der Waals surface area contributed by atoms with E-state index < -0.39 is 0 Å². The molecule has 17 heavy (non-hydrogen) atoms. The molecule has 2 rings (SSSR count). The molecule has 3 nitrogen and oxygen atoms in total. The molecule has 1 aromatic carbocycles. The van der Waals surface area contributed by atoms with Crippen LogP contribution in [-0.4, -0.2) is 38.3 Å². The summed E-state index contributed by atoms with van der Waals surface area (Å²) in [6.07, 6.45) is 2.82. The maximum atomic E-state index is 5.64. The van der Waals surface area contributed by atoms with E-state index in [0.717, 1.165) is 25.4 Å². The third-order valence-corrected chi connectivity index (χ3v) is 3.13. The number of hydrogen-bond acceptors (Lipinski definition) is 3. The van der Waals surface area contributed by atoms with E-state index in [9.17, 15) is 0 Å². The van der Waals surface area contributed by atoms with Gasteiger partial charge >= 0.3 is 0 Å². The summed E-state index contributed by atoms with van der Waals surface area (Å²) in [6.45, 7) is 2.88. The second-order valence-electron chi connectivity index (χ2n) is 4.68. The Morgan fingerprint density at radius 3 is 3.06 bits per heavy atom. The maximum Gasteiger partial charge on any atom is 0.119 e. The highest BCUT2D eigenvalue weighted by Gasteiger charge is 2.17. The lowest BCUT2D eigenvalue weighted by molar-refractivity contribution is 0.0793. The van der Waals surface area contributed by atoms with E-state index in [1.807, 2.05) is 12.1 Å². The Kier molecular flexibility index (Phi) is 4.40. The van der Waals surface area contributed by atoms with Crippen LogP contribution in [0, 0.1) is 0 Å². The zero-order valence-corrected chi connectivity index (χ0v) is 10.7. The quantitative estimate of drug-likeness (QED) is 0.781. The molecule has 0 aromatic heterocycles. The van der Waals surface area contributed by atoms with Crippen LogP contribution < -0.4 is 4.74 Å². The molecule has 0 spiro atoms. The lowest BCUT2D eigenvalue weighted by Crippen LogP contribution is -2.28.